The van der Waals surface area contributed by atoms with Gasteiger partial charge in [0.2, 0.25) is 5.91 Å². The third kappa shape index (κ3) is 4.21. The normalized spacial score (nSPS) is 10.2. The average molecular weight is 318 g/mol. The number of amides is 1. The molecule has 2 rings (SSSR count). The number of nitrogens with one attached hydrogen (secondary N) is 1. The number of rotatable bonds is 4. The van der Waals surface area contributed by atoms with Gasteiger partial charge in [0.1, 0.15) is 0 Å². The van der Waals surface area contributed by atoms with Gasteiger partial charge in [-0.3, -0.25) is 4.79 Å². The van der Waals surface area contributed by atoms with Gasteiger partial charge < -0.3 is 5.32 Å². The van der Waals surface area contributed by atoms with Gasteiger partial charge in [-0.2, -0.15) is 0 Å². The lowest BCUT2D eigenvalue weighted by Gasteiger charge is -2.08. The fourth-order valence-electron chi connectivity index (χ4n) is 1.84. The first-order valence-electron chi connectivity index (χ1n) is 6.25. The fraction of sp³-hybridized carbons (Fsp3) is 0.188. The van der Waals surface area contributed by atoms with Crippen molar-refractivity contribution in [3.05, 3.63) is 64.1 Å². The molecule has 0 heterocycles. The molecule has 0 fully saturated rings. The van der Waals surface area contributed by atoms with Crippen LogP contribution in [0.3, 0.4) is 0 Å². The van der Waals surface area contributed by atoms with Gasteiger partial charge in [0, 0.05) is 10.9 Å². The van der Waals surface area contributed by atoms with Gasteiger partial charge >= 0.3 is 0 Å². The van der Waals surface area contributed by atoms with Crippen molar-refractivity contribution in [2.75, 3.05) is 5.32 Å². The predicted molar refractivity (Wildman–Crippen MR) is 82.3 cm³/mol. The molecule has 0 aromatic heterocycles. The largest absolute Gasteiger partial charge is 0.325 e. The molecule has 3 heteroatoms. The number of benzene rings is 2. The first-order chi connectivity index (χ1) is 9.15. The van der Waals surface area contributed by atoms with Crippen molar-refractivity contribution in [3.8, 4) is 0 Å². The number of halogens is 1. The third-order valence-corrected chi connectivity index (χ3v) is 3.54. The molecule has 1 N–H and O–H groups in total. The molecule has 2 nitrogen and oxygen atoms in total. The summed E-state index contributed by atoms with van der Waals surface area (Å²) in [5.74, 6) is 0.0356. The molecule has 0 aliphatic heterocycles. The van der Waals surface area contributed by atoms with Crippen LogP contribution in [0.1, 0.15) is 17.5 Å². The van der Waals surface area contributed by atoms with Crippen LogP contribution in [0, 0.1) is 6.92 Å². The molecule has 0 radical (unpaired) electrons. The Morgan fingerprint density at radius 2 is 1.89 bits per heavy atom. The standard InChI is InChI=1S/C16H16BrNO/c1-12-7-9-15(14(17)11-12)18-16(19)10-8-13-5-3-2-4-6-13/h2-7,9,11H,8,10H2,1H3,(H,18,19). The van der Waals surface area contributed by atoms with Gasteiger partial charge in [-0.05, 0) is 52.5 Å². The second-order valence-corrected chi connectivity index (χ2v) is 5.37. The monoisotopic (exact) mass is 317 g/mol. The number of aryl methyl sites for hydroxylation is 2. The van der Waals surface area contributed by atoms with E-state index in [9.17, 15) is 4.79 Å². The lowest BCUT2D eigenvalue weighted by molar-refractivity contribution is -0.116. The zero-order valence-corrected chi connectivity index (χ0v) is 12.4. The maximum Gasteiger partial charge on any atom is 0.224 e. The fourth-order valence-corrected chi connectivity index (χ4v) is 2.43. The van der Waals surface area contributed by atoms with Crippen molar-refractivity contribution in [2.45, 2.75) is 19.8 Å². The highest BCUT2D eigenvalue weighted by molar-refractivity contribution is 9.10. The molecule has 0 aliphatic rings. The summed E-state index contributed by atoms with van der Waals surface area (Å²) in [7, 11) is 0. The van der Waals surface area contributed by atoms with Crippen LogP contribution in [-0.4, -0.2) is 5.91 Å². The van der Waals surface area contributed by atoms with Gasteiger partial charge in [0.15, 0.2) is 0 Å². The molecule has 0 atom stereocenters. The van der Waals surface area contributed by atoms with Gasteiger partial charge in [0.25, 0.3) is 0 Å². The smallest absolute Gasteiger partial charge is 0.224 e. The summed E-state index contributed by atoms with van der Waals surface area (Å²) in [5.41, 5.74) is 3.17. The van der Waals surface area contributed by atoms with E-state index in [2.05, 4.69) is 21.2 Å². The Labute approximate surface area is 122 Å². The van der Waals surface area contributed by atoms with E-state index in [-0.39, 0.29) is 5.91 Å². The molecule has 2 aromatic carbocycles. The van der Waals surface area contributed by atoms with E-state index >= 15 is 0 Å². The minimum atomic E-state index is 0.0356. The first-order valence-corrected chi connectivity index (χ1v) is 7.04. The zero-order valence-electron chi connectivity index (χ0n) is 10.8. The van der Waals surface area contributed by atoms with Crippen molar-refractivity contribution >= 4 is 27.5 Å². The number of carbonyl (C=O) groups is 1. The molecule has 1 amide bonds. The Morgan fingerprint density at radius 1 is 1.16 bits per heavy atom. The van der Waals surface area contributed by atoms with Crippen molar-refractivity contribution in [2.24, 2.45) is 0 Å². The van der Waals surface area contributed by atoms with E-state index in [1.54, 1.807) is 0 Å². The lowest BCUT2D eigenvalue weighted by atomic mass is 10.1. The summed E-state index contributed by atoms with van der Waals surface area (Å²) in [4.78, 5) is 11.9. The predicted octanol–water partition coefficient (Wildman–Crippen LogP) is 4.33. The number of hydrogen-bond donors (Lipinski definition) is 1. The van der Waals surface area contributed by atoms with Gasteiger partial charge in [0.05, 0.1) is 5.69 Å². The Balaban J connectivity index is 1.91. The van der Waals surface area contributed by atoms with Crippen molar-refractivity contribution in [1.29, 1.82) is 0 Å². The highest BCUT2D eigenvalue weighted by Gasteiger charge is 2.06. The van der Waals surface area contributed by atoms with Gasteiger partial charge in [-0.15, -0.1) is 0 Å². The summed E-state index contributed by atoms with van der Waals surface area (Å²) in [5, 5.41) is 2.92. The van der Waals surface area contributed by atoms with E-state index in [1.807, 2.05) is 55.5 Å². The summed E-state index contributed by atoms with van der Waals surface area (Å²) in [6, 6.07) is 15.9. The Bertz CT molecular complexity index is 566. The van der Waals surface area contributed by atoms with Crippen LogP contribution >= 0.6 is 15.9 Å². The summed E-state index contributed by atoms with van der Waals surface area (Å²) in [6.45, 7) is 2.02. The van der Waals surface area contributed by atoms with Crippen molar-refractivity contribution in [3.63, 3.8) is 0 Å². The zero-order chi connectivity index (χ0) is 13.7. The van der Waals surface area contributed by atoms with E-state index in [1.165, 1.54) is 5.56 Å². The molecular formula is C16H16BrNO. The maximum atomic E-state index is 11.9. The topological polar surface area (TPSA) is 29.1 Å². The molecule has 19 heavy (non-hydrogen) atoms. The molecule has 98 valence electrons. The second kappa shape index (κ2) is 6.53. The van der Waals surface area contributed by atoms with E-state index in [0.717, 1.165) is 22.1 Å². The minimum absolute atomic E-state index is 0.0356. The van der Waals surface area contributed by atoms with Crippen LogP contribution in [0.2, 0.25) is 0 Å². The second-order valence-electron chi connectivity index (χ2n) is 4.52. The number of hydrogen-bond acceptors (Lipinski definition) is 1. The highest BCUT2D eigenvalue weighted by atomic mass is 79.9. The molecule has 0 aliphatic carbocycles. The number of carbonyl (C=O) groups excluding carboxylic acids is 1. The van der Waals surface area contributed by atoms with Crippen LogP contribution in [-0.2, 0) is 11.2 Å². The summed E-state index contributed by atoms with van der Waals surface area (Å²) in [6.07, 6.45) is 1.25. The maximum absolute atomic E-state index is 11.9. The Morgan fingerprint density at radius 3 is 2.58 bits per heavy atom. The number of anilines is 1. The molecule has 0 unspecified atom stereocenters. The molecular weight excluding hydrogens is 302 g/mol. The van der Waals surface area contributed by atoms with Gasteiger partial charge in [-0.25, -0.2) is 0 Å². The lowest BCUT2D eigenvalue weighted by Crippen LogP contribution is -2.12. The van der Waals surface area contributed by atoms with Gasteiger partial charge in [-0.1, -0.05) is 36.4 Å². The van der Waals surface area contributed by atoms with Crippen LogP contribution in [0.15, 0.2) is 53.0 Å². The molecule has 0 saturated carbocycles. The van der Waals surface area contributed by atoms with Crippen LogP contribution in [0.25, 0.3) is 0 Å². The first kappa shape index (κ1) is 13.8. The quantitative estimate of drug-likeness (QED) is 0.893. The van der Waals surface area contributed by atoms with Crippen molar-refractivity contribution < 1.29 is 4.79 Å². The van der Waals surface area contributed by atoms with Crippen LogP contribution in [0.4, 0.5) is 5.69 Å². The van der Waals surface area contributed by atoms with E-state index < -0.39 is 0 Å². The SMILES string of the molecule is Cc1ccc(NC(=O)CCc2ccccc2)c(Br)c1. The Kier molecular flexibility index (Phi) is 4.74. The average Bonchev–Trinajstić information content (AvgIpc) is 2.41. The van der Waals surface area contributed by atoms with Crippen molar-refractivity contribution in [1.82, 2.24) is 0 Å². The highest BCUT2D eigenvalue weighted by Crippen LogP contribution is 2.23. The van der Waals surface area contributed by atoms with Crippen LogP contribution < -0.4 is 5.32 Å². The molecule has 0 spiro atoms. The molecule has 2 aromatic rings. The summed E-state index contributed by atoms with van der Waals surface area (Å²) < 4.78 is 0.917. The Hall–Kier alpha value is -1.61. The van der Waals surface area contributed by atoms with E-state index in [0.29, 0.717) is 6.42 Å². The van der Waals surface area contributed by atoms with E-state index in [4.69, 9.17) is 0 Å². The summed E-state index contributed by atoms with van der Waals surface area (Å²) >= 11 is 3.46. The third-order valence-electron chi connectivity index (χ3n) is 2.88. The molecule has 0 bridgehead atoms. The minimum Gasteiger partial charge on any atom is -0.325 e. The molecule has 0 saturated heterocycles. The van der Waals surface area contributed by atoms with Crippen LogP contribution in [0.5, 0.6) is 0 Å².